The first-order valence-electron chi connectivity index (χ1n) is 8.18. The van der Waals surface area contributed by atoms with Crippen LogP contribution in [-0.4, -0.2) is 12.2 Å². The van der Waals surface area contributed by atoms with Crippen molar-refractivity contribution in [3.8, 4) is 5.75 Å². The van der Waals surface area contributed by atoms with E-state index in [0.717, 1.165) is 27.3 Å². The van der Waals surface area contributed by atoms with Crippen molar-refractivity contribution in [1.29, 1.82) is 0 Å². The third-order valence-corrected chi connectivity index (χ3v) is 5.77. The average molecular weight is 348 g/mol. The van der Waals surface area contributed by atoms with Gasteiger partial charge in [-0.2, -0.15) is 0 Å². The molecule has 25 heavy (non-hydrogen) atoms. The van der Waals surface area contributed by atoms with Crippen molar-refractivity contribution in [2.45, 2.75) is 16.3 Å². The van der Waals surface area contributed by atoms with Gasteiger partial charge in [0.25, 0.3) is 0 Å². The quantitative estimate of drug-likeness (QED) is 0.636. The van der Waals surface area contributed by atoms with Crippen molar-refractivity contribution in [3.63, 3.8) is 0 Å². The topological polar surface area (TPSA) is 35.5 Å². The van der Waals surface area contributed by atoms with Crippen LogP contribution in [0.4, 0.5) is 0 Å². The van der Waals surface area contributed by atoms with Gasteiger partial charge in [0.2, 0.25) is 0 Å². The summed E-state index contributed by atoms with van der Waals surface area (Å²) in [5, 5.41) is 14.2. The molecule has 2 unspecified atom stereocenters. The summed E-state index contributed by atoms with van der Waals surface area (Å²) >= 11 is 1.58. The van der Waals surface area contributed by atoms with E-state index < -0.39 is 0 Å². The van der Waals surface area contributed by atoms with Gasteiger partial charge in [0.05, 0.1) is 18.5 Å². The second kappa shape index (κ2) is 6.92. The van der Waals surface area contributed by atoms with E-state index in [-0.39, 0.29) is 11.4 Å². The molecule has 0 aliphatic carbocycles. The lowest BCUT2D eigenvalue weighted by molar-refractivity contribution is 0.285. The largest absolute Gasteiger partial charge is 0.783 e. The van der Waals surface area contributed by atoms with E-state index >= 15 is 0 Å². The van der Waals surface area contributed by atoms with E-state index in [2.05, 4.69) is 6.07 Å². The number of hydroxylamine groups is 2. The highest BCUT2D eigenvalue weighted by atomic mass is 32.2. The lowest BCUT2D eigenvalue weighted by Gasteiger charge is -2.48. The van der Waals surface area contributed by atoms with Gasteiger partial charge in [-0.3, -0.25) is 0 Å². The summed E-state index contributed by atoms with van der Waals surface area (Å²) in [6.45, 7) is 0. The Morgan fingerprint density at radius 1 is 0.840 bits per heavy atom. The van der Waals surface area contributed by atoms with Crippen LogP contribution in [0.5, 0.6) is 5.75 Å². The number of ether oxygens (including phenoxy) is 1. The number of nitrogens with zero attached hydrogens (tertiary/aromatic N) is 1. The molecule has 3 aromatic carbocycles. The molecule has 0 radical (unpaired) electrons. The lowest BCUT2D eigenvalue weighted by Crippen LogP contribution is -2.30. The molecule has 0 fully saturated rings. The second-order valence-corrected chi connectivity index (χ2v) is 7.05. The minimum Gasteiger partial charge on any atom is -0.783 e. The van der Waals surface area contributed by atoms with Crippen molar-refractivity contribution in [2.24, 2.45) is 0 Å². The van der Waals surface area contributed by atoms with Crippen LogP contribution >= 0.6 is 11.8 Å². The van der Waals surface area contributed by atoms with Crippen LogP contribution in [0.3, 0.4) is 0 Å². The maximum atomic E-state index is 13.4. The summed E-state index contributed by atoms with van der Waals surface area (Å²) < 4.78 is 5.50. The number of hydrogen-bond donors (Lipinski definition) is 0. The molecule has 0 saturated heterocycles. The zero-order chi connectivity index (χ0) is 17.2. The van der Waals surface area contributed by atoms with E-state index in [1.807, 2.05) is 72.8 Å². The van der Waals surface area contributed by atoms with Gasteiger partial charge in [0, 0.05) is 10.5 Å². The van der Waals surface area contributed by atoms with Crippen LogP contribution in [0.15, 0.2) is 83.8 Å². The fourth-order valence-electron chi connectivity index (χ4n) is 3.29. The van der Waals surface area contributed by atoms with E-state index in [0.29, 0.717) is 0 Å². The molecule has 0 saturated carbocycles. The molecular formula is C21H18NO2S-. The van der Waals surface area contributed by atoms with Crippen molar-refractivity contribution >= 4 is 11.8 Å². The molecule has 4 rings (SSSR count). The molecule has 3 aromatic rings. The molecule has 0 aromatic heterocycles. The van der Waals surface area contributed by atoms with E-state index in [9.17, 15) is 5.21 Å². The summed E-state index contributed by atoms with van der Waals surface area (Å²) in [5.41, 5.74) is 2.96. The Kier molecular flexibility index (Phi) is 4.49. The highest BCUT2D eigenvalue weighted by molar-refractivity contribution is 7.99. The van der Waals surface area contributed by atoms with E-state index in [4.69, 9.17) is 4.74 Å². The van der Waals surface area contributed by atoms with Crippen LogP contribution in [-0.2, 0) is 0 Å². The molecule has 0 N–H and O–H groups in total. The molecule has 1 aliphatic heterocycles. The zero-order valence-electron chi connectivity index (χ0n) is 13.8. The van der Waals surface area contributed by atoms with Gasteiger partial charge < -0.3 is 15.0 Å². The van der Waals surface area contributed by atoms with Gasteiger partial charge in [0.15, 0.2) is 0 Å². The predicted octanol–water partition coefficient (Wildman–Crippen LogP) is 5.39. The number of hydrogen-bond acceptors (Lipinski definition) is 4. The minimum absolute atomic E-state index is 0.325. The summed E-state index contributed by atoms with van der Waals surface area (Å²) in [5.74, 6) is 0.743. The number of methoxy groups -OCH3 is 1. The van der Waals surface area contributed by atoms with E-state index in [1.165, 1.54) is 5.06 Å². The van der Waals surface area contributed by atoms with Crippen molar-refractivity contribution in [2.75, 3.05) is 7.11 Å². The van der Waals surface area contributed by atoms with Crippen LogP contribution < -0.4 is 4.74 Å². The molecule has 1 aliphatic rings. The Morgan fingerprint density at radius 3 is 2.24 bits per heavy atom. The maximum Gasteiger partial charge on any atom is 0.124 e. The molecule has 2 atom stereocenters. The lowest BCUT2D eigenvalue weighted by atomic mass is 9.97. The molecule has 126 valence electrons. The highest BCUT2D eigenvalue weighted by Gasteiger charge is 2.32. The third-order valence-electron chi connectivity index (χ3n) is 4.46. The summed E-state index contributed by atoms with van der Waals surface area (Å²) in [4.78, 5) is 1.14. The first-order chi connectivity index (χ1) is 12.3. The Bertz CT molecular complexity index is 869. The number of fused-ring (bicyclic) bond motifs is 1. The average Bonchev–Trinajstić information content (AvgIpc) is 2.68. The Morgan fingerprint density at radius 2 is 1.48 bits per heavy atom. The first kappa shape index (κ1) is 16.2. The molecule has 4 heteroatoms. The Labute approximate surface area is 151 Å². The first-order valence-corrected chi connectivity index (χ1v) is 9.06. The monoisotopic (exact) mass is 348 g/mol. The number of thioether (sulfide) groups is 1. The second-order valence-electron chi connectivity index (χ2n) is 5.92. The Hall–Kier alpha value is -2.27. The SMILES string of the molecule is COc1ccccc1C1Sc2ccccc2C(c2ccccc2)N1[O-]. The van der Waals surface area contributed by atoms with Gasteiger partial charge in [0.1, 0.15) is 5.75 Å². The fourth-order valence-corrected chi connectivity index (χ4v) is 4.55. The van der Waals surface area contributed by atoms with Crippen LogP contribution in [0.1, 0.15) is 28.1 Å². The normalized spacial score (nSPS) is 20.1. The van der Waals surface area contributed by atoms with E-state index in [1.54, 1.807) is 18.9 Å². The highest BCUT2D eigenvalue weighted by Crippen LogP contribution is 2.52. The standard InChI is InChI=1S/C21H18NO2S/c1-24-18-13-7-5-11-16(18)21-22(23)20(15-9-3-2-4-10-15)17-12-6-8-14-19(17)25-21/h2-14,20-21H,1H3/q-1. The number of rotatable bonds is 3. The van der Waals surface area contributed by atoms with Crippen LogP contribution in [0.2, 0.25) is 0 Å². The van der Waals surface area contributed by atoms with Crippen molar-refractivity contribution in [1.82, 2.24) is 5.06 Å². The van der Waals surface area contributed by atoms with Gasteiger partial charge in [-0.25, -0.2) is 0 Å². The van der Waals surface area contributed by atoms with Gasteiger partial charge in [-0.1, -0.05) is 66.7 Å². The molecule has 3 nitrogen and oxygen atoms in total. The van der Waals surface area contributed by atoms with Crippen molar-refractivity contribution in [3.05, 3.63) is 101 Å². The minimum atomic E-state index is -0.351. The van der Waals surface area contributed by atoms with Crippen LogP contribution in [0, 0.1) is 5.21 Å². The fraction of sp³-hybridized carbons (Fsp3) is 0.143. The molecular weight excluding hydrogens is 330 g/mol. The summed E-state index contributed by atoms with van der Waals surface area (Å²) in [6, 6.07) is 25.5. The smallest absolute Gasteiger partial charge is 0.124 e. The molecule has 0 spiro atoms. The predicted molar refractivity (Wildman–Crippen MR) is 102 cm³/mol. The zero-order valence-corrected chi connectivity index (χ0v) is 14.6. The molecule has 0 amide bonds. The van der Waals surface area contributed by atoms with Gasteiger partial charge >= 0.3 is 0 Å². The third kappa shape index (κ3) is 2.93. The summed E-state index contributed by atoms with van der Waals surface area (Å²) in [7, 11) is 1.64. The molecule has 0 bridgehead atoms. The summed E-state index contributed by atoms with van der Waals surface area (Å²) in [6.07, 6.45) is 0. The van der Waals surface area contributed by atoms with Crippen molar-refractivity contribution < 1.29 is 4.74 Å². The number of para-hydroxylation sites is 1. The maximum absolute atomic E-state index is 13.4. The Balaban J connectivity index is 1.85. The van der Waals surface area contributed by atoms with Crippen LogP contribution in [0.25, 0.3) is 0 Å². The molecule has 1 heterocycles. The van der Waals surface area contributed by atoms with Gasteiger partial charge in [-0.05, 0) is 23.3 Å². The van der Waals surface area contributed by atoms with Gasteiger partial charge in [-0.15, -0.1) is 11.8 Å². The number of benzene rings is 3.